The minimum absolute atomic E-state index is 0.0674. The number of hydrogen-bond acceptors (Lipinski definition) is 4. The Balaban J connectivity index is 0.000000841. The standard InChI is InChI=1S/C22H27N3OS.2C2H6.CH4O/c26-27(22-12-6-19(7-13-22)18-4-2-1-3-5-18)24-20-8-10-21(11-9-20)25-16-14-23-15-17-25;3*1-2/h1-6,8-12,19,22-24H,7,13-17H2;2*1-2H3;2H,1H3. The van der Waals surface area contributed by atoms with Gasteiger partial charge in [0.05, 0.1) is 5.25 Å². The molecule has 1 aliphatic carbocycles. The van der Waals surface area contributed by atoms with Crippen molar-refractivity contribution >= 4 is 22.4 Å². The fourth-order valence-corrected chi connectivity index (χ4v) is 4.91. The molecule has 184 valence electrons. The first-order chi connectivity index (χ1) is 16.3. The average molecular weight is 474 g/mol. The second-order valence-electron chi connectivity index (χ2n) is 7.20. The van der Waals surface area contributed by atoms with Crippen LogP contribution in [0.3, 0.4) is 0 Å². The van der Waals surface area contributed by atoms with Crippen LogP contribution in [0, 0.1) is 0 Å². The summed E-state index contributed by atoms with van der Waals surface area (Å²) in [5.74, 6) is 0.442. The number of aliphatic hydroxyl groups excluding tert-OH is 1. The molecule has 0 saturated carbocycles. The molecule has 6 heteroatoms. The Labute approximate surface area is 203 Å². The number of hydrogen-bond donors (Lipinski definition) is 3. The van der Waals surface area contributed by atoms with Crippen molar-refractivity contribution in [2.75, 3.05) is 42.9 Å². The third kappa shape index (κ3) is 9.32. The lowest BCUT2D eigenvalue weighted by atomic mass is 9.89. The van der Waals surface area contributed by atoms with Gasteiger partial charge < -0.3 is 20.0 Å². The van der Waals surface area contributed by atoms with E-state index in [9.17, 15) is 4.21 Å². The maximum absolute atomic E-state index is 12.7. The quantitative estimate of drug-likeness (QED) is 0.513. The van der Waals surface area contributed by atoms with Crippen molar-refractivity contribution in [3.63, 3.8) is 0 Å². The molecule has 3 atom stereocenters. The van der Waals surface area contributed by atoms with Crippen molar-refractivity contribution in [1.29, 1.82) is 0 Å². The fraction of sp³-hybridized carbons (Fsp3) is 0.481. The molecule has 2 aromatic carbocycles. The van der Waals surface area contributed by atoms with Crippen LogP contribution in [0.25, 0.3) is 0 Å². The molecule has 1 fully saturated rings. The van der Waals surface area contributed by atoms with Gasteiger partial charge >= 0.3 is 0 Å². The molecule has 1 aliphatic heterocycles. The second-order valence-corrected chi connectivity index (χ2v) is 8.61. The number of rotatable bonds is 5. The van der Waals surface area contributed by atoms with Gasteiger partial charge in [-0.05, 0) is 42.7 Å². The summed E-state index contributed by atoms with van der Waals surface area (Å²) in [6, 6.07) is 18.9. The summed E-state index contributed by atoms with van der Waals surface area (Å²) in [5, 5.41) is 10.4. The molecular formula is C27H43N3O2S. The summed E-state index contributed by atoms with van der Waals surface area (Å²) in [5.41, 5.74) is 3.50. The van der Waals surface area contributed by atoms with Crippen LogP contribution in [0.15, 0.2) is 66.7 Å². The summed E-state index contributed by atoms with van der Waals surface area (Å²) < 4.78 is 15.9. The molecule has 1 saturated heterocycles. The summed E-state index contributed by atoms with van der Waals surface area (Å²) in [7, 11) is -0.101. The Hall–Kier alpha value is -2.15. The van der Waals surface area contributed by atoms with Crippen molar-refractivity contribution in [1.82, 2.24) is 5.32 Å². The van der Waals surface area contributed by atoms with Crippen LogP contribution in [0.2, 0.25) is 0 Å². The number of anilines is 2. The summed E-state index contributed by atoms with van der Waals surface area (Å²) >= 11 is 0. The Kier molecular flexibility index (Phi) is 15.2. The number of benzene rings is 2. The van der Waals surface area contributed by atoms with E-state index in [4.69, 9.17) is 5.11 Å². The van der Waals surface area contributed by atoms with E-state index in [-0.39, 0.29) is 5.25 Å². The number of nitrogens with one attached hydrogen (secondary N) is 2. The Morgan fingerprint density at radius 3 is 2.03 bits per heavy atom. The minimum Gasteiger partial charge on any atom is -0.400 e. The van der Waals surface area contributed by atoms with Gasteiger partial charge in [0.15, 0.2) is 0 Å². The lowest BCUT2D eigenvalue weighted by Gasteiger charge is -2.29. The summed E-state index contributed by atoms with van der Waals surface area (Å²) in [6.45, 7) is 12.1. The fourth-order valence-electron chi connectivity index (χ4n) is 3.81. The van der Waals surface area contributed by atoms with Crippen LogP contribution in [-0.4, -0.2) is 47.9 Å². The molecule has 4 rings (SSSR count). The highest BCUT2D eigenvalue weighted by Gasteiger charge is 2.21. The second kappa shape index (κ2) is 17.3. The largest absolute Gasteiger partial charge is 0.400 e. The molecule has 0 amide bonds. The van der Waals surface area contributed by atoms with Gasteiger partial charge in [-0.1, -0.05) is 70.2 Å². The molecule has 2 aromatic rings. The zero-order valence-electron chi connectivity index (χ0n) is 21.0. The molecule has 5 nitrogen and oxygen atoms in total. The topological polar surface area (TPSA) is 64.6 Å². The van der Waals surface area contributed by atoms with E-state index in [1.807, 2.05) is 45.9 Å². The van der Waals surface area contributed by atoms with Gasteiger partial charge in [-0.25, -0.2) is 4.21 Å². The highest BCUT2D eigenvalue weighted by molar-refractivity contribution is 7.87. The first-order valence-electron chi connectivity index (χ1n) is 12.2. The Morgan fingerprint density at radius 2 is 1.48 bits per heavy atom. The van der Waals surface area contributed by atoms with Gasteiger partial charge in [-0.15, -0.1) is 0 Å². The summed E-state index contributed by atoms with van der Waals surface area (Å²) in [4.78, 5) is 2.38. The lowest BCUT2D eigenvalue weighted by Crippen LogP contribution is -2.43. The Bertz CT molecular complexity index is 791. The highest BCUT2D eigenvalue weighted by atomic mass is 32.2. The van der Waals surface area contributed by atoms with E-state index < -0.39 is 11.0 Å². The van der Waals surface area contributed by atoms with E-state index in [1.165, 1.54) is 11.3 Å². The van der Waals surface area contributed by atoms with Gasteiger partial charge in [-0.2, -0.15) is 0 Å². The predicted octanol–water partition coefficient (Wildman–Crippen LogP) is 5.34. The SMILES string of the molecule is CC.CC.CO.O=S(Nc1ccc(N2CCNCC2)cc1)C1C=CC(c2ccccc2)CC1. The van der Waals surface area contributed by atoms with Crippen molar-refractivity contribution in [2.45, 2.75) is 51.7 Å². The third-order valence-electron chi connectivity index (χ3n) is 5.39. The number of nitrogens with zero attached hydrogens (tertiary/aromatic N) is 1. The summed E-state index contributed by atoms with van der Waals surface area (Å²) in [6.07, 6.45) is 6.32. The average Bonchev–Trinajstić information content (AvgIpc) is 2.93. The van der Waals surface area contributed by atoms with Crippen LogP contribution < -0.4 is 14.9 Å². The predicted molar refractivity (Wildman–Crippen MR) is 145 cm³/mol. The molecule has 0 bridgehead atoms. The van der Waals surface area contributed by atoms with Gasteiger partial charge in [0.2, 0.25) is 0 Å². The monoisotopic (exact) mass is 473 g/mol. The van der Waals surface area contributed by atoms with E-state index in [0.29, 0.717) is 5.92 Å². The lowest BCUT2D eigenvalue weighted by molar-refractivity contribution is 0.399. The molecule has 0 radical (unpaired) electrons. The van der Waals surface area contributed by atoms with Crippen molar-refractivity contribution < 1.29 is 9.32 Å². The third-order valence-corrected chi connectivity index (χ3v) is 6.77. The molecule has 3 N–H and O–H groups in total. The minimum atomic E-state index is -1.10. The first-order valence-corrected chi connectivity index (χ1v) is 13.4. The van der Waals surface area contributed by atoms with Gasteiger partial charge in [0.25, 0.3) is 0 Å². The zero-order chi connectivity index (χ0) is 24.5. The van der Waals surface area contributed by atoms with Crippen molar-refractivity contribution in [3.05, 3.63) is 72.3 Å². The van der Waals surface area contributed by atoms with E-state index in [0.717, 1.165) is 51.8 Å². The maximum atomic E-state index is 12.7. The maximum Gasteiger partial charge on any atom is 0.124 e. The first kappa shape index (κ1) is 28.9. The van der Waals surface area contributed by atoms with Crippen molar-refractivity contribution in [2.24, 2.45) is 0 Å². The van der Waals surface area contributed by atoms with Gasteiger partial charge in [0, 0.05) is 50.6 Å². The Morgan fingerprint density at radius 1 is 0.879 bits per heavy atom. The van der Waals surface area contributed by atoms with Gasteiger partial charge in [-0.3, -0.25) is 0 Å². The molecule has 33 heavy (non-hydrogen) atoms. The van der Waals surface area contributed by atoms with Crippen LogP contribution in [-0.2, 0) is 11.0 Å². The van der Waals surface area contributed by atoms with Crippen LogP contribution in [0.4, 0.5) is 11.4 Å². The smallest absolute Gasteiger partial charge is 0.124 e. The molecule has 0 aromatic heterocycles. The highest BCUT2D eigenvalue weighted by Crippen LogP contribution is 2.30. The van der Waals surface area contributed by atoms with E-state index >= 15 is 0 Å². The molecular weight excluding hydrogens is 430 g/mol. The zero-order valence-corrected chi connectivity index (χ0v) is 21.8. The number of aliphatic hydroxyl groups is 1. The van der Waals surface area contributed by atoms with Crippen LogP contribution >= 0.6 is 0 Å². The number of allylic oxidation sites excluding steroid dienone is 1. The van der Waals surface area contributed by atoms with Crippen LogP contribution in [0.1, 0.15) is 52.0 Å². The van der Waals surface area contributed by atoms with Crippen molar-refractivity contribution in [3.8, 4) is 0 Å². The van der Waals surface area contributed by atoms with Crippen LogP contribution in [0.5, 0.6) is 0 Å². The normalized spacial score (nSPS) is 20.0. The number of piperazine rings is 1. The van der Waals surface area contributed by atoms with E-state index in [1.54, 1.807) is 0 Å². The molecule has 0 spiro atoms. The molecule has 1 heterocycles. The van der Waals surface area contributed by atoms with E-state index in [2.05, 4.69) is 63.5 Å². The molecule has 3 unspecified atom stereocenters. The molecule has 2 aliphatic rings. The van der Waals surface area contributed by atoms with Gasteiger partial charge in [0.1, 0.15) is 11.0 Å².